The topological polar surface area (TPSA) is 30.9 Å². The van der Waals surface area contributed by atoms with Crippen LogP contribution in [0.2, 0.25) is 0 Å². The maximum absolute atomic E-state index is 4.41. The Morgan fingerprint density at radius 1 is 1.41 bits per heavy atom. The lowest BCUT2D eigenvalue weighted by Gasteiger charge is -2.27. The van der Waals surface area contributed by atoms with E-state index in [2.05, 4.69) is 40.7 Å². The number of aliphatic imine (C=N–C) groups is 1. The van der Waals surface area contributed by atoms with Crippen molar-refractivity contribution >= 4 is 29.9 Å². The van der Waals surface area contributed by atoms with Gasteiger partial charge in [-0.25, -0.2) is 0 Å². The van der Waals surface area contributed by atoms with Gasteiger partial charge in [0.2, 0.25) is 0 Å². The summed E-state index contributed by atoms with van der Waals surface area (Å²) in [4.78, 5) is 9.23. The molecular formula is C17H35IN4. The average molecular weight is 422 g/mol. The first-order chi connectivity index (χ1) is 10.2. The van der Waals surface area contributed by atoms with Crippen molar-refractivity contribution in [2.75, 3.05) is 40.3 Å². The quantitative estimate of drug-likeness (QED) is 0.203. The highest BCUT2D eigenvalue weighted by Crippen LogP contribution is 2.15. The Morgan fingerprint density at radius 3 is 2.82 bits per heavy atom. The van der Waals surface area contributed by atoms with Crippen molar-refractivity contribution in [2.24, 2.45) is 4.99 Å². The molecule has 0 spiro atoms. The summed E-state index contributed by atoms with van der Waals surface area (Å²) >= 11 is 0. The molecule has 1 unspecified atom stereocenters. The zero-order chi connectivity index (χ0) is 15.5. The molecule has 0 bridgehead atoms. The molecule has 1 N–H and O–H groups in total. The van der Waals surface area contributed by atoms with Crippen molar-refractivity contribution in [3.05, 3.63) is 12.7 Å². The van der Waals surface area contributed by atoms with Crippen molar-refractivity contribution in [3.8, 4) is 0 Å². The van der Waals surface area contributed by atoms with Crippen LogP contribution in [0.1, 0.15) is 45.4 Å². The van der Waals surface area contributed by atoms with Crippen molar-refractivity contribution < 1.29 is 0 Å². The highest BCUT2D eigenvalue weighted by molar-refractivity contribution is 14.0. The lowest BCUT2D eigenvalue weighted by molar-refractivity contribution is 0.265. The van der Waals surface area contributed by atoms with Crippen LogP contribution in [-0.4, -0.2) is 62.1 Å². The number of likely N-dealkylation sites (N-methyl/N-ethyl adjacent to an activating group) is 1. The molecule has 130 valence electrons. The number of guanidine groups is 1. The first kappa shape index (κ1) is 21.7. The summed E-state index contributed by atoms with van der Waals surface area (Å²) in [5, 5.41) is 3.55. The second-order valence-corrected chi connectivity index (χ2v) is 5.91. The summed E-state index contributed by atoms with van der Waals surface area (Å²) in [6.45, 7) is 10.5. The van der Waals surface area contributed by atoms with E-state index in [1.807, 2.05) is 13.1 Å². The summed E-state index contributed by atoms with van der Waals surface area (Å²) in [7, 11) is 4.01. The molecule has 0 aromatic carbocycles. The van der Waals surface area contributed by atoms with E-state index in [9.17, 15) is 0 Å². The summed E-state index contributed by atoms with van der Waals surface area (Å²) in [5.41, 5.74) is 0. The van der Waals surface area contributed by atoms with Gasteiger partial charge in [-0.1, -0.05) is 19.4 Å². The molecule has 0 saturated carbocycles. The van der Waals surface area contributed by atoms with Gasteiger partial charge in [-0.15, -0.1) is 30.6 Å². The number of nitrogens with zero attached hydrogens (tertiary/aromatic N) is 3. The Morgan fingerprint density at radius 2 is 2.18 bits per heavy atom. The van der Waals surface area contributed by atoms with E-state index < -0.39 is 0 Å². The maximum Gasteiger partial charge on any atom is 0.193 e. The van der Waals surface area contributed by atoms with Crippen molar-refractivity contribution in [1.82, 2.24) is 15.1 Å². The molecule has 22 heavy (non-hydrogen) atoms. The molecule has 4 nitrogen and oxygen atoms in total. The van der Waals surface area contributed by atoms with Crippen LogP contribution in [0.4, 0.5) is 0 Å². The van der Waals surface area contributed by atoms with Gasteiger partial charge in [0.05, 0.1) is 0 Å². The van der Waals surface area contributed by atoms with Crippen LogP contribution in [0.3, 0.4) is 0 Å². The normalized spacial score (nSPS) is 18.9. The van der Waals surface area contributed by atoms with Crippen LogP contribution in [0.25, 0.3) is 0 Å². The second kappa shape index (κ2) is 13.2. The Bertz CT molecular complexity index is 320. The third kappa shape index (κ3) is 7.81. The lowest BCUT2D eigenvalue weighted by atomic mass is 10.2. The standard InChI is InChI=1S/C17H34N4.HI/c1-5-7-8-9-10-13-20(4)17(18-3)19-15-16-12-11-14-21(16)6-2;/h5,16H,1,6-15H2,2-4H3,(H,18,19);1H. The van der Waals surface area contributed by atoms with Crippen molar-refractivity contribution in [1.29, 1.82) is 0 Å². The van der Waals surface area contributed by atoms with E-state index >= 15 is 0 Å². The van der Waals surface area contributed by atoms with Gasteiger partial charge in [-0.3, -0.25) is 9.89 Å². The largest absolute Gasteiger partial charge is 0.355 e. The Hall–Kier alpha value is -0.300. The predicted molar refractivity (Wildman–Crippen MR) is 108 cm³/mol. The van der Waals surface area contributed by atoms with Gasteiger partial charge in [0.1, 0.15) is 0 Å². The summed E-state index contributed by atoms with van der Waals surface area (Å²) in [5.74, 6) is 1.03. The van der Waals surface area contributed by atoms with E-state index in [-0.39, 0.29) is 24.0 Å². The minimum atomic E-state index is 0. The van der Waals surface area contributed by atoms with Crippen LogP contribution in [0.5, 0.6) is 0 Å². The minimum Gasteiger partial charge on any atom is -0.355 e. The second-order valence-electron chi connectivity index (χ2n) is 5.91. The van der Waals surface area contributed by atoms with E-state index in [0.717, 1.165) is 32.0 Å². The Kier molecular flexibility index (Phi) is 13.0. The van der Waals surface area contributed by atoms with Crippen molar-refractivity contribution in [3.63, 3.8) is 0 Å². The Balaban J connectivity index is 0.00000441. The molecule has 1 saturated heterocycles. The minimum absolute atomic E-state index is 0. The number of allylic oxidation sites excluding steroid dienone is 1. The van der Waals surface area contributed by atoms with Gasteiger partial charge < -0.3 is 10.2 Å². The summed E-state index contributed by atoms with van der Waals surface area (Å²) < 4.78 is 0. The fraction of sp³-hybridized carbons (Fsp3) is 0.824. The van der Waals surface area contributed by atoms with Crippen LogP contribution < -0.4 is 5.32 Å². The van der Waals surface area contributed by atoms with E-state index in [1.165, 1.54) is 38.6 Å². The molecule has 0 radical (unpaired) electrons. The number of nitrogens with one attached hydrogen (secondary N) is 1. The molecule has 0 aliphatic carbocycles. The number of hydrogen-bond donors (Lipinski definition) is 1. The SMILES string of the molecule is C=CCCCCCN(C)C(=NC)NCC1CCCN1CC.I. The highest BCUT2D eigenvalue weighted by Gasteiger charge is 2.23. The number of hydrogen-bond acceptors (Lipinski definition) is 2. The van der Waals surface area contributed by atoms with Crippen LogP contribution >= 0.6 is 24.0 Å². The zero-order valence-corrected chi connectivity index (χ0v) is 17.0. The average Bonchev–Trinajstić information content (AvgIpc) is 2.95. The molecule has 0 aromatic rings. The van der Waals surface area contributed by atoms with E-state index in [1.54, 1.807) is 0 Å². The third-order valence-corrected chi connectivity index (χ3v) is 4.38. The zero-order valence-electron chi connectivity index (χ0n) is 14.7. The monoisotopic (exact) mass is 422 g/mol. The van der Waals surface area contributed by atoms with Crippen molar-refractivity contribution in [2.45, 2.75) is 51.5 Å². The molecular weight excluding hydrogens is 387 g/mol. The molecule has 1 aliphatic rings. The molecule has 0 amide bonds. The summed E-state index contributed by atoms with van der Waals surface area (Å²) in [6.07, 6.45) is 9.50. The maximum atomic E-state index is 4.41. The van der Waals surface area contributed by atoms with Gasteiger partial charge in [0.25, 0.3) is 0 Å². The van der Waals surface area contributed by atoms with Gasteiger partial charge in [-0.05, 0) is 45.2 Å². The first-order valence-corrected chi connectivity index (χ1v) is 8.49. The summed E-state index contributed by atoms with van der Waals surface area (Å²) in [6, 6.07) is 0.674. The molecule has 1 heterocycles. The Labute approximate surface area is 154 Å². The van der Waals surface area contributed by atoms with E-state index in [0.29, 0.717) is 6.04 Å². The van der Waals surface area contributed by atoms with E-state index in [4.69, 9.17) is 0 Å². The number of halogens is 1. The third-order valence-electron chi connectivity index (χ3n) is 4.38. The fourth-order valence-electron chi connectivity index (χ4n) is 3.06. The number of likely N-dealkylation sites (tertiary alicyclic amines) is 1. The van der Waals surface area contributed by atoms with Crippen LogP contribution in [-0.2, 0) is 0 Å². The fourth-order valence-corrected chi connectivity index (χ4v) is 3.06. The smallest absolute Gasteiger partial charge is 0.193 e. The molecule has 1 fully saturated rings. The molecule has 1 aliphatic heterocycles. The highest BCUT2D eigenvalue weighted by atomic mass is 127. The van der Waals surface area contributed by atoms with Gasteiger partial charge in [0.15, 0.2) is 5.96 Å². The lowest BCUT2D eigenvalue weighted by Crippen LogP contribution is -2.45. The molecule has 1 atom stereocenters. The molecule has 1 rings (SSSR count). The van der Waals surface area contributed by atoms with Gasteiger partial charge >= 0.3 is 0 Å². The van der Waals surface area contributed by atoms with Crippen LogP contribution in [0, 0.1) is 0 Å². The first-order valence-electron chi connectivity index (χ1n) is 8.49. The van der Waals surface area contributed by atoms with Gasteiger partial charge in [-0.2, -0.15) is 0 Å². The molecule has 0 aromatic heterocycles. The number of rotatable bonds is 9. The van der Waals surface area contributed by atoms with Gasteiger partial charge in [0, 0.05) is 33.2 Å². The molecule has 5 heteroatoms. The van der Waals surface area contributed by atoms with Crippen LogP contribution in [0.15, 0.2) is 17.6 Å². The predicted octanol–water partition coefficient (Wildman–Crippen LogP) is 3.34. The number of unbranched alkanes of at least 4 members (excludes halogenated alkanes) is 3.